The summed E-state index contributed by atoms with van der Waals surface area (Å²) in [4.78, 5) is 0. The second-order valence-corrected chi connectivity index (χ2v) is 6.21. The molecule has 1 aliphatic carbocycles. The highest BCUT2D eigenvalue weighted by atomic mass is 16.5. The van der Waals surface area contributed by atoms with Crippen LogP contribution in [-0.2, 0) is 4.74 Å². The number of hydrogen-bond acceptors (Lipinski definition) is 2. The Hall–Kier alpha value is -0.0800. The van der Waals surface area contributed by atoms with Crippen molar-refractivity contribution in [2.24, 2.45) is 5.92 Å². The van der Waals surface area contributed by atoms with E-state index in [9.17, 15) is 0 Å². The molecule has 94 valence electrons. The second kappa shape index (κ2) is 5.05. The Morgan fingerprint density at radius 3 is 2.56 bits per heavy atom. The zero-order valence-corrected chi connectivity index (χ0v) is 11.1. The van der Waals surface area contributed by atoms with Crippen molar-refractivity contribution in [1.82, 2.24) is 5.32 Å². The van der Waals surface area contributed by atoms with Crippen molar-refractivity contribution < 1.29 is 4.74 Å². The van der Waals surface area contributed by atoms with Crippen molar-refractivity contribution in [2.75, 3.05) is 7.05 Å². The molecule has 2 nitrogen and oxygen atoms in total. The summed E-state index contributed by atoms with van der Waals surface area (Å²) in [7, 11) is 2.11. The molecule has 3 unspecified atom stereocenters. The smallest absolute Gasteiger partial charge is 0.0631 e. The molecule has 1 heterocycles. The van der Waals surface area contributed by atoms with Gasteiger partial charge in [0.1, 0.15) is 0 Å². The summed E-state index contributed by atoms with van der Waals surface area (Å²) >= 11 is 0. The molecule has 0 aromatic carbocycles. The van der Waals surface area contributed by atoms with E-state index in [1.165, 1.54) is 44.9 Å². The van der Waals surface area contributed by atoms with Gasteiger partial charge in [0.2, 0.25) is 0 Å². The maximum atomic E-state index is 6.12. The van der Waals surface area contributed by atoms with Gasteiger partial charge in [-0.1, -0.05) is 12.8 Å². The number of hydrogen-bond donors (Lipinski definition) is 1. The van der Waals surface area contributed by atoms with Crippen molar-refractivity contribution in [3.8, 4) is 0 Å². The van der Waals surface area contributed by atoms with Crippen LogP contribution in [0.1, 0.15) is 58.8 Å². The fraction of sp³-hybridized carbons (Fsp3) is 1.00. The first-order chi connectivity index (χ1) is 7.61. The quantitative estimate of drug-likeness (QED) is 0.797. The minimum absolute atomic E-state index is 0.133. The van der Waals surface area contributed by atoms with Crippen LogP contribution in [0.15, 0.2) is 0 Å². The molecule has 0 bridgehead atoms. The first kappa shape index (κ1) is 12.4. The Labute approximate surface area is 100 Å². The molecule has 0 aromatic rings. The summed E-state index contributed by atoms with van der Waals surface area (Å²) in [5.41, 5.74) is 0.133. The zero-order valence-electron chi connectivity index (χ0n) is 11.1. The van der Waals surface area contributed by atoms with E-state index in [0.29, 0.717) is 6.10 Å². The van der Waals surface area contributed by atoms with E-state index in [0.717, 1.165) is 12.0 Å². The molecule has 2 fully saturated rings. The van der Waals surface area contributed by atoms with Gasteiger partial charge in [0, 0.05) is 6.04 Å². The Bertz CT molecular complexity index is 227. The first-order valence-corrected chi connectivity index (χ1v) is 6.96. The molecule has 0 radical (unpaired) electrons. The predicted molar refractivity (Wildman–Crippen MR) is 67.6 cm³/mol. The van der Waals surface area contributed by atoms with Crippen LogP contribution in [0.4, 0.5) is 0 Å². The van der Waals surface area contributed by atoms with Crippen LogP contribution in [0.25, 0.3) is 0 Å². The maximum absolute atomic E-state index is 6.12. The number of ether oxygens (including phenoxy) is 1. The van der Waals surface area contributed by atoms with Gasteiger partial charge in [-0.3, -0.25) is 0 Å². The van der Waals surface area contributed by atoms with E-state index in [1.807, 2.05) is 0 Å². The van der Waals surface area contributed by atoms with Gasteiger partial charge in [-0.15, -0.1) is 0 Å². The van der Waals surface area contributed by atoms with E-state index in [4.69, 9.17) is 4.74 Å². The van der Waals surface area contributed by atoms with Gasteiger partial charge < -0.3 is 10.1 Å². The average molecular weight is 225 g/mol. The summed E-state index contributed by atoms with van der Waals surface area (Å²) in [6, 6.07) is 0.737. The molecule has 1 saturated heterocycles. The molecule has 0 spiro atoms. The van der Waals surface area contributed by atoms with Crippen molar-refractivity contribution >= 4 is 0 Å². The van der Waals surface area contributed by atoms with E-state index >= 15 is 0 Å². The van der Waals surface area contributed by atoms with Gasteiger partial charge in [0.25, 0.3) is 0 Å². The topological polar surface area (TPSA) is 21.3 Å². The third-order valence-corrected chi connectivity index (χ3v) is 4.40. The van der Waals surface area contributed by atoms with Crippen LogP contribution >= 0.6 is 0 Å². The fourth-order valence-corrected chi connectivity index (χ4v) is 3.45. The van der Waals surface area contributed by atoms with Crippen LogP contribution in [0.5, 0.6) is 0 Å². The normalized spacial score (nSPS) is 38.8. The van der Waals surface area contributed by atoms with Crippen molar-refractivity contribution in [3.05, 3.63) is 0 Å². The van der Waals surface area contributed by atoms with Gasteiger partial charge in [0.15, 0.2) is 0 Å². The highest BCUT2D eigenvalue weighted by molar-refractivity contribution is 4.86. The lowest BCUT2D eigenvalue weighted by Gasteiger charge is -2.33. The molecule has 0 aromatic heterocycles. The molecule has 1 saturated carbocycles. The van der Waals surface area contributed by atoms with E-state index in [-0.39, 0.29) is 5.60 Å². The van der Waals surface area contributed by atoms with Gasteiger partial charge in [0.05, 0.1) is 11.7 Å². The number of nitrogens with one attached hydrogen (secondary N) is 1. The zero-order chi connectivity index (χ0) is 11.6. The molecule has 2 rings (SSSR count). The summed E-state index contributed by atoms with van der Waals surface area (Å²) < 4.78 is 6.12. The van der Waals surface area contributed by atoms with E-state index < -0.39 is 0 Å². The summed E-state index contributed by atoms with van der Waals surface area (Å²) in [6.07, 6.45) is 9.86. The standard InChI is InChI=1S/C14H27NO/c1-14(2)9-8-12(16-14)10-11-6-4-5-7-13(11)15-3/h11-13,15H,4-10H2,1-3H3. The predicted octanol–water partition coefficient (Wildman–Crippen LogP) is 3.11. The summed E-state index contributed by atoms with van der Waals surface area (Å²) in [5, 5.41) is 3.49. The molecule has 2 aliphatic rings. The highest BCUT2D eigenvalue weighted by Crippen LogP contribution is 2.36. The van der Waals surface area contributed by atoms with Gasteiger partial charge in [-0.2, -0.15) is 0 Å². The van der Waals surface area contributed by atoms with Gasteiger partial charge in [-0.05, 0) is 58.9 Å². The highest BCUT2D eigenvalue weighted by Gasteiger charge is 2.35. The lowest BCUT2D eigenvalue weighted by Crippen LogP contribution is -2.38. The molecule has 2 heteroatoms. The van der Waals surface area contributed by atoms with Gasteiger partial charge >= 0.3 is 0 Å². The van der Waals surface area contributed by atoms with Crippen molar-refractivity contribution in [1.29, 1.82) is 0 Å². The number of rotatable bonds is 3. The third-order valence-electron chi connectivity index (χ3n) is 4.40. The average Bonchev–Trinajstić information content (AvgIpc) is 2.59. The van der Waals surface area contributed by atoms with Gasteiger partial charge in [-0.25, -0.2) is 0 Å². The lowest BCUT2D eigenvalue weighted by atomic mass is 9.81. The maximum Gasteiger partial charge on any atom is 0.0631 e. The van der Waals surface area contributed by atoms with Crippen LogP contribution in [0.3, 0.4) is 0 Å². The molecule has 0 amide bonds. The van der Waals surface area contributed by atoms with Crippen LogP contribution < -0.4 is 5.32 Å². The van der Waals surface area contributed by atoms with Crippen LogP contribution in [0.2, 0.25) is 0 Å². The Morgan fingerprint density at radius 2 is 1.94 bits per heavy atom. The Balaban J connectivity index is 1.84. The summed E-state index contributed by atoms with van der Waals surface area (Å²) in [5.74, 6) is 0.845. The molecule has 16 heavy (non-hydrogen) atoms. The van der Waals surface area contributed by atoms with Crippen LogP contribution in [-0.4, -0.2) is 24.8 Å². The SMILES string of the molecule is CNC1CCCCC1CC1CCC(C)(C)O1. The lowest BCUT2D eigenvalue weighted by molar-refractivity contribution is -0.0285. The fourth-order valence-electron chi connectivity index (χ4n) is 3.45. The second-order valence-electron chi connectivity index (χ2n) is 6.21. The molecule has 3 atom stereocenters. The summed E-state index contributed by atoms with van der Waals surface area (Å²) in [6.45, 7) is 4.45. The van der Waals surface area contributed by atoms with Crippen LogP contribution in [0, 0.1) is 5.92 Å². The van der Waals surface area contributed by atoms with Crippen molar-refractivity contribution in [3.63, 3.8) is 0 Å². The van der Waals surface area contributed by atoms with E-state index in [1.54, 1.807) is 0 Å². The van der Waals surface area contributed by atoms with Crippen molar-refractivity contribution in [2.45, 2.75) is 76.5 Å². The first-order valence-electron chi connectivity index (χ1n) is 6.96. The molecular weight excluding hydrogens is 198 g/mol. The minimum Gasteiger partial charge on any atom is -0.372 e. The monoisotopic (exact) mass is 225 g/mol. The molecule has 1 aliphatic heterocycles. The van der Waals surface area contributed by atoms with E-state index in [2.05, 4.69) is 26.2 Å². The minimum atomic E-state index is 0.133. The Kier molecular flexibility index (Phi) is 3.91. The molecule has 1 N–H and O–H groups in total. The third kappa shape index (κ3) is 2.98. The Morgan fingerprint density at radius 1 is 1.19 bits per heavy atom. The molecular formula is C14H27NO. The largest absolute Gasteiger partial charge is 0.372 e.